The summed E-state index contributed by atoms with van der Waals surface area (Å²) < 4.78 is 0. The maximum atomic E-state index is 9.21. The van der Waals surface area contributed by atoms with Gasteiger partial charge in [0.2, 0.25) is 0 Å². The van der Waals surface area contributed by atoms with Crippen LogP contribution in [0.1, 0.15) is 26.7 Å². The molecule has 2 N–H and O–H groups in total. The van der Waals surface area contributed by atoms with Gasteiger partial charge >= 0.3 is 0 Å². The minimum absolute atomic E-state index is 0.311. The van der Waals surface area contributed by atoms with Crippen molar-refractivity contribution in [2.45, 2.75) is 32.7 Å². The van der Waals surface area contributed by atoms with Crippen molar-refractivity contribution in [3.8, 4) is 0 Å². The molecule has 0 radical (unpaired) electrons. The van der Waals surface area contributed by atoms with Crippen LogP contribution in [0.2, 0.25) is 5.02 Å². The van der Waals surface area contributed by atoms with Crippen molar-refractivity contribution in [1.29, 1.82) is 0 Å². The van der Waals surface area contributed by atoms with Gasteiger partial charge in [-0.25, -0.2) is 0 Å². The van der Waals surface area contributed by atoms with Crippen molar-refractivity contribution in [2.75, 3.05) is 29.9 Å². The molecule has 3 nitrogen and oxygen atoms in total. The zero-order valence-corrected chi connectivity index (χ0v) is 12.5. The molecule has 0 aliphatic carbocycles. The van der Waals surface area contributed by atoms with E-state index in [1.54, 1.807) is 0 Å². The molecule has 1 aliphatic rings. The summed E-state index contributed by atoms with van der Waals surface area (Å²) >= 11 is 6.09. The third kappa shape index (κ3) is 3.77. The van der Waals surface area contributed by atoms with Crippen LogP contribution >= 0.6 is 11.6 Å². The van der Waals surface area contributed by atoms with E-state index in [1.165, 1.54) is 5.69 Å². The van der Waals surface area contributed by atoms with Crippen LogP contribution in [-0.2, 0) is 0 Å². The molecule has 2 rings (SSSR count). The molecule has 0 saturated carbocycles. The van der Waals surface area contributed by atoms with E-state index >= 15 is 0 Å². The largest absolute Gasteiger partial charge is 0.396 e. The number of nitrogens with one attached hydrogen (secondary N) is 1. The lowest BCUT2D eigenvalue weighted by atomic mass is 9.97. The first kappa shape index (κ1) is 14.5. The summed E-state index contributed by atoms with van der Waals surface area (Å²) in [6.07, 6.45) is 2.11. The number of aliphatic hydroxyl groups is 1. The van der Waals surface area contributed by atoms with Crippen molar-refractivity contribution in [1.82, 2.24) is 0 Å². The maximum absolute atomic E-state index is 9.21. The highest BCUT2D eigenvalue weighted by molar-refractivity contribution is 6.31. The summed E-state index contributed by atoms with van der Waals surface area (Å²) in [6, 6.07) is 6.41. The molecule has 0 bridgehead atoms. The van der Waals surface area contributed by atoms with Gasteiger partial charge in [0, 0.05) is 30.8 Å². The minimum Gasteiger partial charge on any atom is -0.396 e. The minimum atomic E-state index is 0.311. The van der Waals surface area contributed by atoms with E-state index in [1.807, 2.05) is 12.1 Å². The normalized spacial score (nSPS) is 17.0. The Morgan fingerprint density at radius 1 is 1.37 bits per heavy atom. The van der Waals surface area contributed by atoms with Crippen LogP contribution in [-0.4, -0.2) is 30.8 Å². The first-order chi connectivity index (χ1) is 9.10. The number of piperidine rings is 1. The van der Waals surface area contributed by atoms with Crippen LogP contribution in [0.25, 0.3) is 0 Å². The Kier molecular flexibility index (Phi) is 4.94. The lowest BCUT2D eigenvalue weighted by Gasteiger charge is -2.34. The monoisotopic (exact) mass is 282 g/mol. The van der Waals surface area contributed by atoms with Crippen LogP contribution in [0.4, 0.5) is 11.4 Å². The first-order valence-electron chi connectivity index (χ1n) is 7.02. The molecule has 0 atom stereocenters. The average Bonchev–Trinajstić information content (AvgIpc) is 2.38. The molecule has 19 heavy (non-hydrogen) atoms. The Balaban J connectivity index is 2.15. The third-order valence-electron chi connectivity index (χ3n) is 3.62. The summed E-state index contributed by atoms with van der Waals surface area (Å²) in [7, 11) is 0. The topological polar surface area (TPSA) is 35.5 Å². The lowest BCUT2D eigenvalue weighted by molar-refractivity contribution is 0.203. The van der Waals surface area contributed by atoms with Crippen molar-refractivity contribution in [2.24, 2.45) is 5.92 Å². The highest BCUT2D eigenvalue weighted by atomic mass is 35.5. The zero-order valence-electron chi connectivity index (χ0n) is 11.7. The number of hydrogen-bond donors (Lipinski definition) is 2. The van der Waals surface area contributed by atoms with Crippen LogP contribution < -0.4 is 10.2 Å². The van der Waals surface area contributed by atoms with E-state index in [0.717, 1.165) is 36.6 Å². The fourth-order valence-electron chi connectivity index (χ4n) is 2.57. The van der Waals surface area contributed by atoms with Crippen LogP contribution in [0.5, 0.6) is 0 Å². The number of aliphatic hydroxyl groups excluding tert-OH is 1. The number of rotatable bonds is 4. The molecule has 0 aromatic heterocycles. The second-order valence-electron chi connectivity index (χ2n) is 5.57. The fraction of sp³-hybridized carbons (Fsp3) is 0.600. The van der Waals surface area contributed by atoms with E-state index in [9.17, 15) is 5.11 Å². The number of anilines is 2. The third-order valence-corrected chi connectivity index (χ3v) is 3.85. The Labute approximate surface area is 120 Å². The van der Waals surface area contributed by atoms with Crippen molar-refractivity contribution in [3.05, 3.63) is 23.2 Å². The van der Waals surface area contributed by atoms with E-state index < -0.39 is 0 Å². The molecule has 1 saturated heterocycles. The Morgan fingerprint density at radius 3 is 2.63 bits per heavy atom. The molecule has 1 fully saturated rings. The van der Waals surface area contributed by atoms with Crippen molar-refractivity contribution < 1.29 is 5.11 Å². The highest BCUT2D eigenvalue weighted by Crippen LogP contribution is 2.32. The molecule has 1 aliphatic heterocycles. The van der Waals surface area contributed by atoms with Gasteiger partial charge in [0.1, 0.15) is 0 Å². The molecular weight excluding hydrogens is 260 g/mol. The van der Waals surface area contributed by atoms with Gasteiger partial charge in [0.25, 0.3) is 0 Å². The van der Waals surface area contributed by atoms with E-state index in [0.29, 0.717) is 18.6 Å². The number of nitrogens with zero attached hydrogens (tertiary/aromatic N) is 1. The number of halogens is 1. The van der Waals surface area contributed by atoms with Crippen LogP contribution in [0.15, 0.2) is 18.2 Å². The summed E-state index contributed by atoms with van der Waals surface area (Å²) in [6.45, 7) is 6.57. The van der Waals surface area contributed by atoms with Crippen LogP contribution in [0, 0.1) is 5.92 Å². The predicted molar refractivity (Wildman–Crippen MR) is 82.2 cm³/mol. The van der Waals surface area contributed by atoms with Crippen LogP contribution in [0.3, 0.4) is 0 Å². The second kappa shape index (κ2) is 6.49. The molecule has 1 heterocycles. The molecule has 1 aromatic rings. The molecule has 0 unspecified atom stereocenters. The van der Waals surface area contributed by atoms with Gasteiger partial charge in [0.15, 0.2) is 0 Å². The fourth-order valence-corrected chi connectivity index (χ4v) is 2.74. The van der Waals surface area contributed by atoms with E-state index in [-0.39, 0.29) is 0 Å². The maximum Gasteiger partial charge on any atom is 0.0603 e. The van der Waals surface area contributed by atoms with Gasteiger partial charge in [-0.3, -0.25) is 0 Å². The van der Waals surface area contributed by atoms with Gasteiger partial charge < -0.3 is 15.3 Å². The molecule has 106 valence electrons. The molecular formula is C15H23ClN2O. The van der Waals surface area contributed by atoms with E-state index in [2.05, 4.69) is 30.1 Å². The van der Waals surface area contributed by atoms with Crippen molar-refractivity contribution >= 4 is 23.0 Å². The van der Waals surface area contributed by atoms with Crippen molar-refractivity contribution in [3.63, 3.8) is 0 Å². The molecule has 0 spiro atoms. The first-order valence-corrected chi connectivity index (χ1v) is 7.40. The average molecular weight is 283 g/mol. The summed E-state index contributed by atoms with van der Waals surface area (Å²) in [5.41, 5.74) is 2.32. The highest BCUT2D eigenvalue weighted by Gasteiger charge is 2.20. The Hall–Kier alpha value is -0.930. The van der Waals surface area contributed by atoms with Gasteiger partial charge in [-0.05, 0) is 50.8 Å². The Morgan fingerprint density at radius 2 is 2.05 bits per heavy atom. The SMILES string of the molecule is CC(C)Nc1cc(Cl)ccc1N1CCC(CO)CC1. The quantitative estimate of drug-likeness (QED) is 0.889. The Bertz CT molecular complexity index is 415. The van der Waals surface area contributed by atoms with Gasteiger partial charge in [-0.1, -0.05) is 11.6 Å². The summed E-state index contributed by atoms with van der Waals surface area (Å²) in [5.74, 6) is 0.463. The second-order valence-corrected chi connectivity index (χ2v) is 6.01. The van der Waals surface area contributed by atoms with Gasteiger partial charge in [-0.15, -0.1) is 0 Å². The number of hydrogen-bond acceptors (Lipinski definition) is 3. The summed E-state index contributed by atoms with van der Waals surface area (Å²) in [4.78, 5) is 2.38. The smallest absolute Gasteiger partial charge is 0.0603 e. The zero-order chi connectivity index (χ0) is 13.8. The standard InChI is InChI=1S/C15H23ClN2O/c1-11(2)17-14-9-13(16)3-4-15(14)18-7-5-12(10-19)6-8-18/h3-4,9,11-12,17,19H,5-8,10H2,1-2H3. The molecule has 1 aromatic carbocycles. The van der Waals surface area contributed by atoms with Gasteiger partial charge in [0.05, 0.1) is 11.4 Å². The summed E-state index contributed by atoms with van der Waals surface area (Å²) in [5, 5.41) is 13.4. The predicted octanol–water partition coefficient (Wildman–Crippen LogP) is 3.37. The lowest BCUT2D eigenvalue weighted by Crippen LogP contribution is -2.35. The van der Waals surface area contributed by atoms with Gasteiger partial charge in [-0.2, -0.15) is 0 Å². The number of benzene rings is 1. The molecule has 4 heteroatoms. The van der Waals surface area contributed by atoms with E-state index in [4.69, 9.17) is 11.6 Å². The molecule has 0 amide bonds.